The van der Waals surface area contributed by atoms with Gasteiger partial charge in [-0.15, -0.1) is 0 Å². The Kier molecular flexibility index (Phi) is 3.69. The van der Waals surface area contributed by atoms with Crippen molar-refractivity contribution in [3.05, 3.63) is 29.8 Å². The summed E-state index contributed by atoms with van der Waals surface area (Å²) in [6.45, 7) is 7.15. The summed E-state index contributed by atoms with van der Waals surface area (Å²) in [5, 5.41) is 3.56. The summed E-state index contributed by atoms with van der Waals surface area (Å²) in [4.78, 5) is 0. The molecule has 0 aliphatic carbocycles. The van der Waals surface area contributed by atoms with Gasteiger partial charge in [-0.3, -0.25) is 0 Å². The van der Waals surface area contributed by atoms with E-state index in [1.54, 1.807) is 7.11 Å². The van der Waals surface area contributed by atoms with Gasteiger partial charge < -0.3 is 14.8 Å². The molecule has 0 bridgehead atoms. The lowest BCUT2D eigenvalue weighted by Crippen LogP contribution is -2.47. The van der Waals surface area contributed by atoms with E-state index in [4.69, 9.17) is 9.47 Å². The maximum absolute atomic E-state index is 5.25. The Hall–Kier alpha value is -1.06. The fourth-order valence-electron chi connectivity index (χ4n) is 1.98. The van der Waals surface area contributed by atoms with E-state index in [9.17, 15) is 0 Å². The highest BCUT2D eigenvalue weighted by Crippen LogP contribution is 2.27. The van der Waals surface area contributed by atoms with Gasteiger partial charge in [-0.05, 0) is 24.6 Å². The van der Waals surface area contributed by atoms with Crippen LogP contribution in [-0.2, 0) is 4.74 Å². The number of benzene rings is 1. The first-order chi connectivity index (χ1) is 8.13. The van der Waals surface area contributed by atoms with Gasteiger partial charge in [-0.2, -0.15) is 0 Å². The van der Waals surface area contributed by atoms with Crippen molar-refractivity contribution in [2.45, 2.75) is 19.9 Å². The molecule has 1 fully saturated rings. The monoisotopic (exact) mass is 235 g/mol. The number of hydrogen-bond donors (Lipinski definition) is 1. The van der Waals surface area contributed by atoms with E-state index < -0.39 is 0 Å². The van der Waals surface area contributed by atoms with E-state index in [-0.39, 0.29) is 0 Å². The maximum Gasteiger partial charge on any atom is 0.119 e. The fraction of sp³-hybridized carbons (Fsp3) is 0.571. The highest BCUT2D eigenvalue weighted by Gasteiger charge is 2.33. The van der Waals surface area contributed by atoms with Gasteiger partial charge in [0, 0.05) is 18.0 Å². The molecule has 1 N–H and O–H groups in total. The van der Waals surface area contributed by atoms with Crippen LogP contribution < -0.4 is 10.1 Å². The first-order valence-corrected chi connectivity index (χ1v) is 6.08. The molecule has 1 aromatic carbocycles. The smallest absolute Gasteiger partial charge is 0.119 e. The van der Waals surface area contributed by atoms with Crippen LogP contribution in [0, 0.1) is 5.41 Å². The van der Waals surface area contributed by atoms with E-state index >= 15 is 0 Å². The number of methoxy groups -OCH3 is 1. The molecule has 1 aliphatic heterocycles. The van der Waals surface area contributed by atoms with Gasteiger partial charge in [0.15, 0.2) is 0 Å². The molecule has 3 nitrogen and oxygen atoms in total. The van der Waals surface area contributed by atoms with Crippen LogP contribution in [0.3, 0.4) is 0 Å². The molecular weight excluding hydrogens is 214 g/mol. The zero-order valence-electron chi connectivity index (χ0n) is 10.8. The average Bonchev–Trinajstić information content (AvgIpc) is 2.33. The van der Waals surface area contributed by atoms with Crippen molar-refractivity contribution in [2.24, 2.45) is 5.41 Å². The summed E-state index contributed by atoms with van der Waals surface area (Å²) in [5.74, 6) is 0.911. The zero-order chi connectivity index (χ0) is 12.3. The lowest BCUT2D eigenvalue weighted by molar-refractivity contribution is -0.0999. The molecule has 0 aromatic heterocycles. The SMILES string of the molecule is COc1cccc(C(C)NCC2(C)COC2)c1. The molecule has 0 radical (unpaired) electrons. The van der Waals surface area contributed by atoms with Crippen LogP contribution in [0.1, 0.15) is 25.5 Å². The second-order valence-corrected chi connectivity index (χ2v) is 5.18. The number of hydrogen-bond acceptors (Lipinski definition) is 3. The van der Waals surface area contributed by atoms with Crippen LogP contribution in [0.5, 0.6) is 5.75 Å². The van der Waals surface area contributed by atoms with Crippen molar-refractivity contribution in [3.8, 4) is 5.75 Å². The van der Waals surface area contributed by atoms with E-state index in [1.807, 2.05) is 12.1 Å². The number of ether oxygens (including phenoxy) is 2. The summed E-state index contributed by atoms with van der Waals surface area (Å²) in [6, 6.07) is 8.54. The lowest BCUT2D eigenvalue weighted by atomic mass is 9.88. The van der Waals surface area contributed by atoms with Crippen LogP contribution in [-0.4, -0.2) is 26.9 Å². The van der Waals surface area contributed by atoms with Crippen molar-refractivity contribution in [2.75, 3.05) is 26.9 Å². The molecule has 1 aliphatic rings. The number of rotatable bonds is 5. The van der Waals surface area contributed by atoms with E-state index in [0.717, 1.165) is 25.5 Å². The van der Waals surface area contributed by atoms with Crippen LogP contribution in [0.4, 0.5) is 0 Å². The largest absolute Gasteiger partial charge is 0.497 e. The summed E-state index contributed by atoms with van der Waals surface area (Å²) >= 11 is 0. The fourth-order valence-corrected chi connectivity index (χ4v) is 1.98. The van der Waals surface area contributed by atoms with Gasteiger partial charge in [0.25, 0.3) is 0 Å². The Morgan fingerprint density at radius 1 is 1.47 bits per heavy atom. The molecule has 0 amide bonds. The second kappa shape index (κ2) is 5.07. The zero-order valence-corrected chi connectivity index (χ0v) is 10.8. The molecule has 1 saturated heterocycles. The molecule has 0 spiro atoms. The van der Waals surface area contributed by atoms with Crippen LogP contribution in [0.2, 0.25) is 0 Å². The van der Waals surface area contributed by atoms with Crippen molar-refractivity contribution >= 4 is 0 Å². The van der Waals surface area contributed by atoms with E-state index in [0.29, 0.717) is 11.5 Å². The first-order valence-electron chi connectivity index (χ1n) is 6.08. The van der Waals surface area contributed by atoms with Crippen molar-refractivity contribution in [1.82, 2.24) is 5.32 Å². The highest BCUT2D eigenvalue weighted by atomic mass is 16.5. The third-order valence-electron chi connectivity index (χ3n) is 3.33. The molecule has 1 heterocycles. The minimum atomic E-state index is 0.313. The van der Waals surface area contributed by atoms with Gasteiger partial charge in [0.05, 0.1) is 20.3 Å². The third kappa shape index (κ3) is 2.99. The third-order valence-corrected chi connectivity index (χ3v) is 3.33. The summed E-state index contributed by atoms with van der Waals surface area (Å²) in [5.41, 5.74) is 1.57. The molecule has 2 rings (SSSR count). The van der Waals surface area contributed by atoms with Gasteiger partial charge in [-0.25, -0.2) is 0 Å². The molecule has 1 atom stereocenters. The lowest BCUT2D eigenvalue weighted by Gasteiger charge is -2.39. The van der Waals surface area contributed by atoms with Gasteiger partial charge in [-0.1, -0.05) is 19.1 Å². The Bertz CT molecular complexity index is 374. The maximum atomic E-state index is 5.25. The standard InChI is InChI=1S/C14H21NO2/c1-11(15-8-14(2)9-17-10-14)12-5-4-6-13(7-12)16-3/h4-7,11,15H,8-10H2,1-3H3. The summed E-state index contributed by atoms with van der Waals surface area (Å²) in [7, 11) is 1.70. The van der Waals surface area contributed by atoms with Crippen molar-refractivity contribution < 1.29 is 9.47 Å². The Morgan fingerprint density at radius 3 is 2.82 bits per heavy atom. The van der Waals surface area contributed by atoms with Crippen LogP contribution >= 0.6 is 0 Å². The van der Waals surface area contributed by atoms with Crippen LogP contribution in [0.15, 0.2) is 24.3 Å². The minimum absolute atomic E-state index is 0.313. The quantitative estimate of drug-likeness (QED) is 0.850. The molecule has 94 valence electrons. The topological polar surface area (TPSA) is 30.5 Å². The highest BCUT2D eigenvalue weighted by molar-refractivity contribution is 5.30. The van der Waals surface area contributed by atoms with E-state index in [2.05, 4.69) is 31.3 Å². The average molecular weight is 235 g/mol. The molecular formula is C14H21NO2. The van der Waals surface area contributed by atoms with Crippen molar-refractivity contribution in [3.63, 3.8) is 0 Å². The number of nitrogens with one attached hydrogen (secondary N) is 1. The predicted octanol–water partition coefficient (Wildman–Crippen LogP) is 2.38. The Balaban J connectivity index is 1.91. The Labute approximate surface area is 103 Å². The summed E-state index contributed by atoms with van der Waals surface area (Å²) in [6.07, 6.45) is 0. The molecule has 17 heavy (non-hydrogen) atoms. The second-order valence-electron chi connectivity index (χ2n) is 5.18. The molecule has 1 unspecified atom stereocenters. The van der Waals surface area contributed by atoms with E-state index in [1.165, 1.54) is 5.56 Å². The molecule has 1 aromatic rings. The predicted molar refractivity (Wildman–Crippen MR) is 68.3 cm³/mol. The van der Waals surface area contributed by atoms with Gasteiger partial charge in [0.2, 0.25) is 0 Å². The van der Waals surface area contributed by atoms with Gasteiger partial charge >= 0.3 is 0 Å². The normalized spacial score (nSPS) is 19.5. The van der Waals surface area contributed by atoms with Crippen LogP contribution in [0.25, 0.3) is 0 Å². The van der Waals surface area contributed by atoms with Crippen molar-refractivity contribution in [1.29, 1.82) is 0 Å². The summed E-state index contributed by atoms with van der Waals surface area (Å²) < 4.78 is 10.5. The molecule has 0 saturated carbocycles. The Morgan fingerprint density at radius 2 is 2.24 bits per heavy atom. The minimum Gasteiger partial charge on any atom is -0.497 e. The molecule has 3 heteroatoms. The van der Waals surface area contributed by atoms with Gasteiger partial charge in [0.1, 0.15) is 5.75 Å². The first kappa shape index (κ1) is 12.4.